The highest BCUT2D eigenvalue weighted by Gasteiger charge is 2.24. The minimum absolute atomic E-state index is 0.0646. The molecule has 7 nitrogen and oxygen atoms in total. The van der Waals surface area contributed by atoms with Crippen molar-refractivity contribution < 1.29 is 21.9 Å². The summed E-state index contributed by atoms with van der Waals surface area (Å²) < 4.78 is 61.4. The van der Waals surface area contributed by atoms with E-state index in [0.29, 0.717) is 45.9 Å². The summed E-state index contributed by atoms with van der Waals surface area (Å²) in [5, 5.41) is 15.1. The predicted molar refractivity (Wildman–Crippen MR) is 131 cm³/mol. The van der Waals surface area contributed by atoms with Crippen molar-refractivity contribution in [2.75, 3.05) is 7.11 Å². The lowest BCUT2D eigenvalue weighted by molar-refractivity contribution is 0.415. The maximum absolute atomic E-state index is 13.6. The van der Waals surface area contributed by atoms with E-state index >= 15 is 0 Å². The molecule has 1 heterocycles. The molecule has 184 valence electrons. The maximum atomic E-state index is 13.6. The van der Waals surface area contributed by atoms with E-state index in [-0.39, 0.29) is 16.3 Å². The molecule has 0 fully saturated rings. The van der Waals surface area contributed by atoms with Crippen LogP contribution in [0.5, 0.6) is 5.75 Å². The fourth-order valence-corrected chi connectivity index (χ4v) is 5.00. The molecule has 0 bridgehead atoms. The van der Waals surface area contributed by atoms with Crippen molar-refractivity contribution in [2.24, 2.45) is 0 Å². The smallest absolute Gasteiger partial charge is 0.241 e. The quantitative estimate of drug-likeness (QED) is 0.329. The van der Waals surface area contributed by atoms with Crippen LogP contribution in [0.3, 0.4) is 0 Å². The third-order valence-electron chi connectivity index (χ3n) is 5.15. The number of aromatic nitrogens is 2. The molecule has 36 heavy (non-hydrogen) atoms. The van der Waals surface area contributed by atoms with Crippen LogP contribution in [0.1, 0.15) is 11.3 Å². The summed E-state index contributed by atoms with van der Waals surface area (Å²) in [6.45, 7) is -0.440. The van der Waals surface area contributed by atoms with Gasteiger partial charge in [0.15, 0.2) is 0 Å². The fourth-order valence-electron chi connectivity index (χ4n) is 3.48. The topological polar surface area (TPSA) is 97.0 Å². The van der Waals surface area contributed by atoms with Crippen LogP contribution in [0.15, 0.2) is 65.6 Å². The Hall–Kier alpha value is -3.49. The van der Waals surface area contributed by atoms with Crippen LogP contribution in [0, 0.1) is 23.0 Å². The van der Waals surface area contributed by atoms with Gasteiger partial charge < -0.3 is 4.74 Å². The number of nitrogens with one attached hydrogen (secondary N) is 1. The highest BCUT2D eigenvalue weighted by molar-refractivity contribution is 7.89. The van der Waals surface area contributed by atoms with Crippen molar-refractivity contribution in [2.45, 2.75) is 11.4 Å². The predicted octanol–water partition coefficient (Wildman–Crippen LogP) is 5.48. The molecule has 3 aromatic carbocycles. The van der Waals surface area contributed by atoms with Crippen LogP contribution in [0.4, 0.5) is 8.78 Å². The SMILES string of the molecule is COc1ccc(-c2c(C#N)c(CNS(=O)(=O)c3cc(F)cc(F)c3)nn2-c2ccc(Cl)cc2Cl)cc1. The van der Waals surface area contributed by atoms with E-state index in [9.17, 15) is 22.5 Å². The Morgan fingerprint density at radius 3 is 2.31 bits per heavy atom. The van der Waals surface area contributed by atoms with E-state index in [0.717, 1.165) is 0 Å². The molecule has 0 aliphatic heterocycles. The fraction of sp³-hybridized carbons (Fsp3) is 0.0833. The van der Waals surface area contributed by atoms with Crippen LogP contribution >= 0.6 is 23.2 Å². The van der Waals surface area contributed by atoms with Gasteiger partial charge in [0.1, 0.15) is 29.0 Å². The standard InChI is InChI=1S/C24H16Cl2F2N4O3S/c1-35-18-5-2-14(3-6-18)24-20(12-29)22(31-32(24)23-7-4-15(25)8-21(23)26)13-30-36(33,34)19-10-16(27)9-17(28)11-19/h2-11,30H,13H2,1H3. The van der Waals surface area contributed by atoms with Gasteiger partial charge in [-0.25, -0.2) is 26.6 Å². The molecule has 0 saturated heterocycles. The van der Waals surface area contributed by atoms with Gasteiger partial charge in [0.2, 0.25) is 10.0 Å². The van der Waals surface area contributed by atoms with Gasteiger partial charge in [0, 0.05) is 16.7 Å². The van der Waals surface area contributed by atoms with E-state index < -0.39 is 33.1 Å². The Bertz CT molecular complexity index is 1580. The zero-order valence-corrected chi connectivity index (χ0v) is 20.8. The molecule has 0 atom stereocenters. The molecular formula is C24H16Cl2F2N4O3S. The molecule has 0 aliphatic rings. The first kappa shape index (κ1) is 25.6. The first-order valence-electron chi connectivity index (χ1n) is 10.2. The molecule has 1 aromatic heterocycles. The van der Waals surface area contributed by atoms with Crippen molar-refractivity contribution in [3.8, 4) is 28.8 Å². The number of sulfonamides is 1. The van der Waals surface area contributed by atoms with Crippen molar-refractivity contribution >= 4 is 33.2 Å². The molecule has 0 radical (unpaired) electrons. The Balaban J connectivity index is 1.82. The summed E-state index contributed by atoms with van der Waals surface area (Å²) in [6, 6.07) is 15.5. The van der Waals surface area contributed by atoms with Gasteiger partial charge in [-0.15, -0.1) is 0 Å². The van der Waals surface area contributed by atoms with Crippen molar-refractivity contribution in [3.05, 3.63) is 93.6 Å². The molecule has 0 aliphatic carbocycles. The first-order chi connectivity index (χ1) is 17.1. The zero-order chi connectivity index (χ0) is 26.0. The number of nitriles is 1. The summed E-state index contributed by atoms with van der Waals surface area (Å²) in [5.41, 5.74) is 1.45. The van der Waals surface area contributed by atoms with E-state index in [1.165, 1.54) is 17.9 Å². The lowest BCUT2D eigenvalue weighted by Crippen LogP contribution is -2.24. The van der Waals surface area contributed by atoms with Gasteiger partial charge in [-0.2, -0.15) is 10.4 Å². The minimum Gasteiger partial charge on any atom is -0.497 e. The van der Waals surface area contributed by atoms with Gasteiger partial charge >= 0.3 is 0 Å². The number of rotatable bonds is 7. The summed E-state index contributed by atoms with van der Waals surface area (Å²) in [5.74, 6) is -1.50. The van der Waals surface area contributed by atoms with Crippen LogP contribution in [0.2, 0.25) is 10.0 Å². The van der Waals surface area contributed by atoms with Gasteiger partial charge in [-0.05, 0) is 54.6 Å². The Kier molecular flexibility index (Phi) is 7.28. The Morgan fingerprint density at radius 2 is 1.72 bits per heavy atom. The first-order valence-corrected chi connectivity index (χ1v) is 12.4. The normalized spacial score (nSPS) is 11.3. The number of methoxy groups -OCH3 is 1. The second kappa shape index (κ2) is 10.2. The molecule has 4 rings (SSSR count). The number of hydrogen-bond donors (Lipinski definition) is 1. The van der Waals surface area contributed by atoms with Crippen molar-refractivity contribution in [1.82, 2.24) is 14.5 Å². The number of nitrogens with zero attached hydrogens (tertiary/aromatic N) is 3. The Morgan fingerprint density at radius 1 is 1.06 bits per heavy atom. The zero-order valence-electron chi connectivity index (χ0n) is 18.5. The second-order valence-electron chi connectivity index (χ2n) is 7.45. The van der Waals surface area contributed by atoms with E-state index in [1.54, 1.807) is 36.4 Å². The molecule has 0 amide bonds. The molecule has 4 aromatic rings. The maximum Gasteiger partial charge on any atom is 0.241 e. The average Bonchev–Trinajstić information content (AvgIpc) is 3.20. The largest absolute Gasteiger partial charge is 0.497 e. The highest BCUT2D eigenvalue weighted by Crippen LogP contribution is 2.33. The monoisotopic (exact) mass is 548 g/mol. The summed E-state index contributed by atoms with van der Waals surface area (Å²) in [7, 11) is -2.82. The average molecular weight is 549 g/mol. The molecular weight excluding hydrogens is 533 g/mol. The number of hydrogen-bond acceptors (Lipinski definition) is 5. The molecule has 1 N–H and O–H groups in total. The third kappa shape index (κ3) is 5.20. The summed E-state index contributed by atoms with van der Waals surface area (Å²) in [4.78, 5) is -0.603. The molecule has 0 spiro atoms. The van der Waals surface area contributed by atoms with Gasteiger partial charge in [-0.3, -0.25) is 0 Å². The minimum atomic E-state index is -4.33. The van der Waals surface area contributed by atoms with E-state index in [4.69, 9.17) is 27.9 Å². The van der Waals surface area contributed by atoms with Gasteiger partial charge in [0.25, 0.3) is 0 Å². The molecule has 12 heteroatoms. The lowest BCUT2D eigenvalue weighted by atomic mass is 10.1. The van der Waals surface area contributed by atoms with E-state index in [1.807, 2.05) is 0 Å². The molecule has 0 unspecified atom stereocenters. The van der Waals surface area contributed by atoms with Crippen LogP contribution in [-0.2, 0) is 16.6 Å². The number of ether oxygens (including phenoxy) is 1. The number of benzene rings is 3. The highest BCUT2D eigenvalue weighted by atomic mass is 35.5. The summed E-state index contributed by atoms with van der Waals surface area (Å²) in [6.07, 6.45) is 0. The van der Waals surface area contributed by atoms with Crippen LogP contribution in [0.25, 0.3) is 16.9 Å². The van der Waals surface area contributed by atoms with E-state index in [2.05, 4.69) is 15.9 Å². The third-order valence-corrected chi connectivity index (χ3v) is 7.07. The van der Waals surface area contributed by atoms with Crippen LogP contribution < -0.4 is 9.46 Å². The van der Waals surface area contributed by atoms with Crippen molar-refractivity contribution in [1.29, 1.82) is 5.26 Å². The van der Waals surface area contributed by atoms with Crippen molar-refractivity contribution in [3.63, 3.8) is 0 Å². The van der Waals surface area contributed by atoms with Gasteiger partial charge in [-0.1, -0.05) is 23.2 Å². The van der Waals surface area contributed by atoms with Crippen LogP contribution in [-0.4, -0.2) is 25.3 Å². The Labute approximate surface area is 215 Å². The number of halogens is 4. The van der Waals surface area contributed by atoms with Gasteiger partial charge in [0.05, 0.1) is 40.6 Å². The summed E-state index contributed by atoms with van der Waals surface area (Å²) >= 11 is 12.4. The lowest BCUT2D eigenvalue weighted by Gasteiger charge is -2.10. The molecule has 0 saturated carbocycles. The second-order valence-corrected chi connectivity index (χ2v) is 10.1.